The molecule has 0 aliphatic carbocycles. The molecule has 0 bridgehead atoms. The summed E-state index contributed by atoms with van der Waals surface area (Å²) in [5, 5.41) is 9.42. The minimum Gasteiger partial charge on any atom is -0.446 e. The van der Waals surface area contributed by atoms with E-state index in [1.54, 1.807) is 32.9 Å². The van der Waals surface area contributed by atoms with Crippen LogP contribution in [0.25, 0.3) is 0 Å². The van der Waals surface area contributed by atoms with Crippen molar-refractivity contribution in [1.82, 2.24) is 0 Å². The van der Waals surface area contributed by atoms with E-state index in [0.29, 0.717) is 6.42 Å². The quantitative estimate of drug-likeness (QED) is 0.436. The number of esters is 1. The molecule has 0 saturated carbocycles. The summed E-state index contributed by atoms with van der Waals surface area (Å²) in [5.74, 6) is 2.01. The Bertz CT molecular complexity index is 291. The van der Waals surface area contributed by atoms with E-state index in [-0.39, 0.29) is 0 Å². The standard InChI is InChI=1S/C12H18O3/c1-6-12(5,15-10(2)13)9-7-8-11(3,4)14/h1,7-8,14H,9H2,2-5H3/b8-7+. The van der Waals surface area contributed by atoms with Gasteiger partial charge in [-0.2, -0.15) is 0 Å². The van der Waals surface area contributed by atoms with Crippen LogP contribution >= 0.6 is 0 Å². The van der Waals surface area contributed by atoms with Crippen LogP contribution in [0.3, 0.4) is 0 Å². The molecule has 0 rings (SSSR count). The van der Waals surface area contributed by atoms with Gasteiger partial charge in [-0.1, -0.05) is 18.1 Å². The van der Waals surface area contributed by atoms with Crippen molar-refractivity contribution >= 4 is 5.97 Å². The molecule has 1 atom stereocenters. The maximum atomic E-state index is 10.8. The van der Waals surface area contributed by atoms with Gasteiger partial charge >= 0.3 is 5.97 Å². The second kappa shape index (κ2) is 4.99. The van der Waals surface area contributed by atoms with Crippen LogP contribution in [0.2, 0.25) is 0 Å². The number of ether oxygens (including phenoxy) is 1. The lowest BCUT2D eigenvalue weighted by Crippen LogP contribution is -2.28. The molecule has 0 aromatic rings. The SMILES string of the molecule is C#CC(C)(C/C=C/C(C)(C)O)OC(C)=O. The molecule has 0 heterocycles. The minimum atomic E-state index is -0.937. The van der Waals surface area contributed by atoms with Crippen LogP contribution in [-0.2, 0) is 9.53 Å². The Morgan fingerprint density at radius 2 is 2.07 bits per heavy atom. The third kappa shape index (κ3) is 6.75. The van der Waals surface area contributed by atoms with Gasteiger partial charge in [0, 0.05) is 13.3 Å². The van der Waals surface area contributed by atoms with Gasteiger partial charge in [0.15, 0.2) is 5.60 Å². The van der Waals surface area contributed by atoms with Gasteiger partial charge < -0.3 is 9.84 Å². The molecule has 0 saturated heterocycles. The molecule has 0 radical (unpaired) electrons. The first-order valence-electron chi connectivity index (χ1n) is 4.76. The molecule has 3 nitrogen and oxygen atoms in total. The first kappa shape index (κ1) is 13.7. The molecule has 15 heavy (non-hydrogen) atoms. The first-order chi connectivity index (χ1) is 6.68. The highest BCUT2D eigenvalue weighted by Crippen LogP contribution is 2.16. The van der Waals surface area contributed by atoms with E-state index in [0.717, 1.165) is 0 Å². The summed E-state index contributed by atoms with van der Waals surface area (Å²) in [5.41, 5.74) is -1.82. The Labute approximate surface area is 91.1 Å². The second-order valence-corrected chi connectivity index (χ2v) is 4.23. The van der Waals surface area contributed by atoms with Crippen molar-refractivity contribution in [3.63, 3.8) is 0 Å². The second-order valence-electron chi connectivity index (χ2n) is 4.23. The highest BCUT2D eigenvalue weighted by Gasteiger charge is 2.23. The molecule has 0 aromatic carbocycles. The highest BCUT2D eigenvalue weighted by atomic mass is 16.6. The van der Waals surface area contributed by atoms with Crippen molar-refractivity contribution in [2.45, 2.75) is 45.3 Å². The van der Waals surface area contributed by atoms with E-state index in [4.69, 9.17) is 11.2 Å². The molecular weight excluding hydrogens is 192 g/mol. The minimum absolute atomic E-state index is 0.382. The molecular formula is C12H18O3. The van der Waals surface area contributed by atoms with Crippen LogP contribution in [0.4, 0.5) is 0 Å². The first-order valence-corrected chi connectivity index (χ1v) is 4.76. The molecule has 1 unspecified atom stereocenters. The van der Waals surface area contributed by atoms with Crippen molar-refractivity contribution < 1.29 is 14.6 Å². The molecule has 0 fully saturated rings. The summed E-state index contributed by atoms with van der Waals surface area (Å²) in [6.45, 7) is 6.28. The van der Waals surface area contributed by atoms with Gasteiger partial charge in [-0.15, -0.1) is 6.42 Å². The number of aliphatic hydroxyl groups is 1. The van der Waals surface area contributed by atoms with Crippen LogP contribution in [0.5, 0.6) is 0 Å². The van der Waals surface area contributed by atoms with E-state index in [9.17, 15) is 9.90 Å². The van der Waals surface area contributed by atoms with Crippen LogP contribution < -0.4 is 0 Å². The fourth-order valence-electron chi connectivity index (χ4n) is 1.02. The Morgan fingerprint density at radius 1 is 1.53 bits per heavy atom. The summed E-state index contributed by atoms with van der Waals surface area (Å²) in [6, 6.07) is 0. The molecule has 1 N–H and O–H groups in total. The van der Waals surface area contributed by atoms with E-state index in [1.165, 1.54) is 6.92 Å². The number of rotatable bonds is 4. The van der Waals surface area contributed by atoms with Gasteiger partial charge in [-0.25, -0.2) is 0 Å². The van der Waals surface area contributed by atoms with Gasteiger partial charge in [-0.05, 0) is 20.8 Å². The molecule has 0 aliphatic rings. The zero-order valence-corrected chi connectivity index (χ0v) is 9.70. The van der Waals surface area contributed by atoms with Gasteiger partial charge in [0.2, 0.25) is 0 Å². The van der Waals surface area contributed by atoms with E-state index in [2.05, 4.69) is 5.92 Å². The zero-order valence-electron chi connectivity index (χ0n) is 9.70. The molecule has 0 aliphatic heterocycles. The summed E-state index contributed by atoms with van der Waals surface area (Å²) >= 11 is 0. The van der Waals surface area contributed by atoms with E-state index >= 15 is 0 Å². The fourth-order valence-corrected chi connectivity index (χ4v) is 1.02. The summed E-state index contributed by atoms with van der Waals surface area (Å²) in [4.78, 5) is 10.8. The average molecular weight is 210 g/mol. The smallest absolute Gasteiger partial charge is 0.304 e. The van der Waals surface area contributed by atoms with Crippen LogP contribution in [0.1, 0.15) is 34.1 Å². The topological polar surface area (TPSA) is 46.5 Å². The van der Waals surface area contributed by atoms with E-state index in [1.807, 2.05) is 0 Å². The Morgan fingerprint density at radius 3 is 2.40 bits per heavy atom. The monoisotopic (exact) mass is 210 g/mol. The van der Waals surface area contributed by atoms with Crippen LogP contribution in [0, 0.1) is 12.3 Å². The summed E-state index contributed by atoms with van der Waals surface area (Å²) < 4.78 is 4.99. The lowest BCUT2D eigenvalue weighted by Gasteiger charge is -2.22. The Hall–Kier alpha value is -1.27. The fraction of sp³-hybridized carbons (Fsp3) is 0.583. The molecule has 84 valence electrons. The molecule has 0 spiro atoms. The summed E-state index contributed by atoms with van der Waals surface area (Å²) in [6.07, 6.45) is 8.99. The van der Waals surface area contributed by atoms with Crippen molar-refractivity contribution in [2.24, 2.45) is 0 Å². The molecule has 0 aromatic heterocycles. The van der Waals surface area contributed by atoms with Crippen molar-refractivity contribution in [3.8, 4) is 12.3 Å². The van der Waals surface area contributed by atoms with Crippen molar-refractivity contribution in [1.29, 1.82) is 0 Å². The van der Waals surface area contributed by atoms with Gasteiger partial charge in [-0.3, -0.25) is 4.79 Å². The van der Waals surface area contributed by atoms with Gasteiger partial charge in [0.25, 0.3) is 0 Å². The average Bonchev–Trinajstić information content (AvgIpc) is 2.00. The predicted molar refractivity (Wildman–Crippen MR) is 59.1 cm³/mol. The number of terminal acetylenes is 1. The lowest BCUT2D eigenvalue weighted by atomic mass is 10.0. The maximum absolute atomic E-state index is 10.8. The van der Waals surface area contributed by atoms with Crippen molar-refractivity contribution in [2.75, 3.05) is 0 Å². The zero-order chi connectivity index (χ0) is 12.1. The third-order valence-corrected chi connectivity index (χ3v) is 1.71. The largest absolute Gasteiger partial charge is 0.446 e. The van der Waals surface area contributed by atoms with Gasteiger partial charge in [0.05, 0.1) is 5.60 Å². The number of hydrogen-bond donors (Lipinski definition) is 1. The van der Waals surface area contributed by atoms with Gasteiger partial charge in [0.1, 0.15) is 0 Å². The number of carbonyl (C=O) groups excluding carboxylic acids is 1. The van der Waals surface area contributed by atoms with Crippen LogP contribution in [-0.4, -0.2) is 22.3 Å². The molecule has 3 heteroatoms. The Balaban J connectivity index is 4.42. The summed E-state index contributed by atoms with van der Waals surface area (Å²) in [7, 11) is 0. The van der Waals surface area contributed by atoms with Crippen LogP contribution in [0.15, 0.2) is 12.2 Å². The number of carbonyl (C=O) groups is 1. The molecule has 0 amide bonds. The normalized spacial score (nSPS) is 15.7. The number of hydrogen-bond acceptors (Lipinski definition) is 3. The Kier molecular flexibility index (Phi) is 4.57. The van der Waals surface area contributed by atoms with Crippen molar-refractivity contribution in [3.05, 3.63) is 12.2 Å². The maximum Gasteiger partial charge on any atom is 0.304 e. The predicted octanol–water partition coefficient (Wildman–Crippen LogP) is 1.66. The lowest BCUT2D eigenvalue weighted by molar-refractivity contribution is -0.149. The highest BCUT2D eigenvalue weighted by molar-refractivity contribution is 5.67. The third-order valence-electron chi connectivity index (χ3n) is 1.71. The van der Waals surface area contributed by atoms with E-state index < -0.39 is 17.2 Å².